The van der Waals surface area contributed by atoms with Gasteiger partial charge >= 0.3 is 0 Å². The van der Waals surface area contributed by atoms with Gasteiger partial charge in [0, 0.05) is 18.0 Å². The van der Waals surface area contributed by atoms with Crippen LogP contribution in [-0.4, -0.2) is 17.0 Å². The van der Waals surface area contributed by atoms with Gasteiger partial charge in [-0.25, -0.2) is 9.97 Å². The van der Waals surface area contributed by atoms with Crippen molar-refractivity contribution < 1.29 is 0 Å². The van der Waals surface area contributed by atoms with Crippen molar-refractivity contribution in [1.29, 1.82) is 0 Å². The molecule has 0 radical (unpaired) electrons. The normalized spacial score (nSPS) is 11.5. The second-order valence-corrected chi connectivity index (χ2v) is 7.02. The van der Waals surface area contributed by atoms with Crippen molar-refractivity contribution in [2.45, 2.75) is 26.2 Å². The molecule has 3 nitrogen and oxygen atoms in total. The minimum Gasteiger partial charge on any atom is -0.372 e. The maximum absolute atomic E-state index is 6.26. The number of halogens is 2. The van der Waals surface area contributed by atoms with Crippen LogP contribution in [0.25, 0.3) is 11.4 Å². The molecular formula is C15H17ClIN3. The lowest BCUT2D eigenvalue weighted by molar-refractivity contribution is 0.564. The average molecular weight is 402 g/mol. The van der Waals surface area contributed by atoms with Crippen LogP contribution >= 0.6 is 34.2 Å². The first kappa shape index (κ1) is 15.5. The molecule has 2 rings (SSSR count). The van der Waals surface area contributed by atoms with E-state index >= 15 is 0 Å². The minimum absolute atomic E-state index is 0.0545. The van der Waals surface area contributed by atoms with Gasteiger partial charge in [-0.1, -0.05) is 44.5 Å². The highest BCUT2D eigenvalue weighted by Crippen LogP contribution is 2.33. The number of hydrogen-bond donors (Lipinski definition) is 1. The van der Waals surface area contributed by atoms with E-state index < -0.39 is 0 Å². The van der Waals surface area contributed by atoms with E-state index in [9.17, 15) is 0 Å². The van der Waals surface area contributed by atoms with Gasteiger partial charge < -0.3 is 5.32 Å². The lowest BCUT2D eigenvalue weighted by atomic mass is 9.91. The van der Waals surface area contributed by atoms with Crippen LogP contribution in [0.15, 0.2) is 24.3 Å². The Balaban J connectivity index is 2.70. The first-order chi connectivity index (χ1) is 9.34. The van der Waals surface area contributed by atoms with Crippen LogP contribution in [0.5, 0.6) is 0 Å². The molecule has 0 aliphatic carbocycles. The SMILES string of the molecule is CNc1nc(-c2ccccc2Cl)nc(C(C)(C)C)c1I. The number of hydrogen-bond acceptors (Lipinski definition) is 3. The third kappa shape index (κ3) is 3.06. The summed E-state index contributed by atoms with van der Waals surface area (Å²) < 4.78 is 1.05. The van der Waals surface area contributed by atoms with E-state index in [4.69, 9.17) is 16.6 Å². The van der Waals surface area contributed by atoms with E-state index in [2.05, 4.69) is 53.7 Å². The molecule has 5 heteroatoms. The van der Waals surface area contributed by atoms with E-state index in [1.54, 1.807) is 0 Å². The number of nitrogens with zero attached hydrogens (tertiary/aromatic N) is 2. The van der Waals surface area contributed by atoms with Gasteiger partial charge in [0.15, 0.2) is 5.82 Å². The van der Waals surface area contributed by atoms with Gasteiger partial charge in [-0.15, -0.1) is 0 Å². The highest BCUT2D eigenvalue weighted by Gasteiger charge is 2.23. The lowest BCUT2D eigenvalue weighted by Crippen LogP contribution is -2.18. The maximum atomic E-state index is 6.26. The molecule has 1 heterocycles. The summed E-state index contributed by atoms with van der Waals surface area (Å²) in [6, 6.07) is 7.64. The van der Waals surface area contributed by atoms with Gasteiger partial charge in [-0.05, 0) is 34.7 Å². The van der Waals surface area contributed by atoms with Gasteiger partial charge in [0.05, 0.1) is 14.3 Å². The Morgan fingerprint density at radius 1 is 1.15 bits per heavy atom. The molecular weight excluding hydrogens is 385 g/mol. The molecule has 0 bridgehead atoms. The van der Waals surface area contributed by atoms with Gasteiger partial charge in [0.25, 0.3) is 0 Å². The van der Waals surface area contributed by atoms with Crippen molar-refractivity contribution >= 4 is 40.0 Å². The number of benzene rings is 1. The molecule has 1 N–H and O–H groups in total. The molecule has 0 atom stereocenters. The average Bonchev–Trinajstić information content (AvgIpc) is 2.38. The fourth-order valence-electron chi connectivity index (χ4n) is 1.87. The van der Waals surface area contributed by atoms with Gasteiger partial charge in [0.1, 0.15) is 5.82 Å². The molecule has 106 valence electrons. The molecule has 0 saturated carbocycles. The van der Waals surface area contributed by atoms with E-state index in [0.717, 1.165) is 20.6 Å². The Morgan fingerprint density at radius 3 is 2.35 bits per heavy atom. The van der Waals surface area contributed by atoms with Crippen LogP contribution in [0.3, 0.4) is 0 Å². The van der Waals surface area contributed by atoms with Crippen molar-refractivity contribution in [1.82, 2.24) is 9.97 Å². The van der Waals surface area contributed by atoms with E-state index in [0.29, 0.717) is 10.8 Å². The fraction of sp³-hybridized carbons (Fsp3) is 0.333. The van der Waals surface area contributed by atoms with Crippen LogP contribution in [0, 0.1) is 3.57 Å². The molecule has 20 heavy (non-hydrogen) atoms. The van der Waals surface area contributed by atoms with Crippen molar-refractivity contribution in [2.24, 2.45) is 0 Å². The summed E-state index contributed by atoms with van der Waals surface area (Å²) in [6.45, 7) is 6.44. The summed E-state index contributed by atoms with van der Waals surface area (Å²) in [7, 11) is 1.87. The summed E-state index contributed by atoms with van der Waals surface area (Å²) in [4.78, 5) is 9.32. The number of anilines is 1. The third-order valence-corrected chi connectivity index (χ3v) is 4.26. The van der Waals surface area contributed by atoms with Gasteiger partial charge in [0.2, 0.25) is 0 Å². The van der Waals surface area contributed by atoms with E-state index in [-0.39, 0.29) is 5.41 Å². The van der Waals surface area contributed by atoms with Crippen molar-refractivity contribution in [3.05, 3.63) is 38.6 Å². The molecule has 0 saturated heterocycles. The van der Waals surface area contributed by atoms with Crippen molar-refractivity contribution in [3.8, 4) is 11.4 Å². The Bertz CT molecular complexity index is 636. The van der Waals surface area contributed by atoms with Crippen LogP contribution < -0.4 is 5.32 Å². The Labute approximate surface area is 138 Å². The first-order valence-electron chi connectivity index (χ1n) is 6.35. The fourth-order valence-corrected chi connectivity index (χ4v) is 3.41. The highest BCUT2D eigenvalue weighted by atomic mass is 127. The molecule has 2 aromatic rings. The predicted octanol–water partition coefficient (Wildman–Crippen LogP) is 4.74. The second kappa shape index (κ2) is 5.85. The highest BCUT2D eigenvalue weighted by molar-refractivity contribution is 14.1. The molecule has 1 aromatic heterocycles. The largest absolute Gasteiger partial charge is 0.372 e. The van der Waals surface area contributed by atoms with E-state index in [1.165, 1.54) is 0 Å². The van der Waals surface area contributed by atoms with Crippen LogP contribution in [0.4, 0.5) is 5.82 Å². The molecule has 1 aromatic carbocycles. The number of nitrogens with one attached hydrogen (secondary N) is 1. The Morgan fingerprint density at radius 2 is 1.80 bits per heavy atom. The van der Waals surface area contributed by atoms with E-state index in [1.807, 2.05) is 31.3 Å². The molecule has 0 spiro atoms. The summed E-state index contributed by atoms with van der Waals surface area (Å²) >= 11 is 8.55. The summed E-state index contributed by atoms with van der Waals surface area (Å²) in [6.07, 6.45) is 0. The Kier molecular flexibility index (Phi) is 4.54. The first-order valence-corrected chi connectivity index (χ1v) is 7.81. The standard InChI is InChI=1S/C15H17ClIN3/c1-15(2,3)12-11(17)14(18-4)20-13(19-12)9-7-5-6-8-10(9)16/h5-8H,1-4H3,(H,18,19,20). The summed E-state index contributed by atoms with van der Waals surface area (Å²) in [5.74, 6) is 1.49. The third-order valence-electron chi connectivity index (χ3n) is 2.91. The van der Waals surface area contributed by atoms with Crippen LogP contribution in [0.2, 0.25) is 5.02 Å². The zero-order valence-corrected chi connectivity index (χ0v) is 14.9. The monoisotopic (exact) mass is 401 g/mol. The summed E-state index contributed by atoms with van der Waals surface area (Å²) in [5.41, 5.74) is 1.82. The smallest absolute Gasteiger partial charge is 0.163 e. The van der Waals surface area contributed by atoms with Crippen LogP contribution in [0.1, 0.15) is 26.5 Å². The molecule has 0 aliphatic rings. The Hall–Kier alpha value is -0.880. The molecule has 0 fully saturated rings. The molecule has 0 aliphatic heterocycles. The van der Waals surface area contributed by atoms with Crippen LogP contribution in [-0.2, 0) is 5.41 Å². The predicted molar refractivity (Wildman–Crippen MR) is 93.4 cm³/mol. The van der Waals surface area contributed by atoms with Crippen molar-refractivity contribution in [2.75, 3.05) is 12.4 Å². The number of aromatic nitrogens is 2. The lowest BCUT2D eigenvalue weighted by Gasteiger charge is -2.22. The number of rotatable bonds is 2. The molecule has 0 amide bonds. The summed E-state index contributed by atoms with van der Waals surface area (Å²) in [5, 5.41) is 3.80. The van der Waals surface area contributed by atoms with Gasteiger partial charge in [-0.3, -0.25) is 0 Å². The quantitative estimate of drug-likeness (QED) is 0.739. The topological polar surface area (TPSA) is 37.8 Å². The van der Waals surface area contributed by atoms with Crippen molar-refractivity contribution in [3.63, 3.8) is 0 Å². The van der Waals surface area contributed by atoms with Gasteiger partial charge in [-0.2, -0.15) is 0 Å². The zero-order valence-electron chi connectivity index (χ0n) is 12.0. The second-order valence-electron chi connectivity index (χ2n) is 5.54. The minimum atomic E-state index is -0.0545. The zero-order chi connectivity index (χ0) is 14.9. The molecule has 0 unspecified atom stereocenters. The maximum Gasteiger partial charge on any atom is 0.163 e.